The second-order valence-electron chi connectivity index (χ2n) is 5.35. The zero-order chi connectivity index (χ0) is 15.0. The van der Waals surface area contributed by atoms with Crippen molar-refractivity contribution in [2.45, 2.75) is 19.4 Å². The fraction of sp³-hybridized carbons (Fsp3) is 0.235. The standard InChI is InChI=1S/C17H17NO3/c1-11-4-3-5-12(8-11)9-16-17(20)18(2)14-10-13(19)6-7-15(14)21-16/h3-8,10,16,19H,9H2,1-2H3. The zero-order valence-electron chi connectivity index (χ0n) is 12.0. The molecule has 0 bridgehead atoms. The minimum atomic E-state index is -0.533. The molecular formula is C17H17NO3. The Morgan fingerprint density at radius 3 is 2.81 bits per heavy atom. The summed E-state index contributed by atoms with van der Waals surface area (Å²) in [5.41, 5.74) is 2.83. The molecule has 2 aromatic carbocycles. The summed E-state index contributed by atoms with van der Waals surface area (Å²) >= 11 is 0. The van der Waals surface area contributed by atoms with Crippen molar-refractivity contribution in [1.29, 1.82) is 0 Å². The van der Waals surface area contributed by atoms with Crippen molar-refractivity contribution in [1.82, 2.24) is 0 Å². The van der Waals surface area contributed by atoms with E-state index in [1.807, 2.05) is 25.1 Å². The van der Waals surface area contributed by atoms with Crippen LogP contribution in [0.25, 0.3) is 0 Å². The Labute approximate surface area is 123 Å². The van der Waals surface area contributed by atoms with Crippen LogP contribution in [0.2, 0.25) is 0 Å². The third-order valence-electron chi connectivity index (χ3n) is 3.68. The van der Waals surface area contributed by atoms with Crippen molar-refractivity contribution in [3.05, 3.63) is 53.6 Å². The number of benzene rings is 2. The molecule has 108 valence electrons. The summed E-state index contributed by atoms with van der Waals surface area (Å²) in [7, 11) is 1.70. The fourth-order valence-corrected chi connectivity index (χ4v) is 2.59. The number of carbonyl (C=O) groups is 1. The number of carbonyl (C=O) groups excluding carboxylic acids is 1. The van der Waals surface area contributed by atoms with Gasteiger partial charge >= 0.3 is 0 Å². The molecule has 0 spiro atoms. The van der Waals surface area contributed by atoms with Gasteiger partial charge in [0.1, 0.15) is 11.5 Å². The van der Waals surface area contributed by atoms with E-state index in [4.69, 9.17) is 4.74 Å². The first kappa shape index (κ1) is 13.5. The van der Waals surface area contributed by atoms with Crippen molar-refractivity contribution in [2.75, 3.05) is 11.9 Å². The molecule has 1 N–H and O–H groups in total. The van der Waals surface area contributed by atoms with Crippen LogP contribution in [0, 0.1) is 6.92 Å². The minimum Gasteiger partial charge on any atom is -0.508 e. The van der Waals surface area contributed by atoms with Gasteiger partial charge in [0, 0.05) is 19.5 Å². The average Bonchev–Trinajstić information content (AvgIpc) is 2.45. The number of aryl methyl sites for hydroxylation is 1. The van der Waals surface area contributed by atoms with E-state index < -0.39 is 6.10 Å². The number of phenolic OH excluding ortho intramolecular Hbond substituents is 1. The lowest BCUT2D eigenvalue weighted by molar-refractivity contribution is -0.125. The van der Waals surface area contributed by atoms with Gasteiger partial charge in [-0.25, -0.2) is 0 Å². The Hall–Kier alpha value is -2.49. The van der Waals surface area contributed by atoms with Crippen molar-refractivity contribution in [2.24, 2.45) is 0 Å². The molecule has 3 rings (SSSR count). The largest absolute Gasteiger partial charge is 0.508 e. The van der Waals surface area contributed by atoms with E-state index in [-0.39, 0.29) is 11.7 Å². The highest BCUT2D eigenvalue weighted by molar-refractivity contribution is 5.99. The molecule has 0 saturated carbocycles. The second-order valence-corrected chi connectivity index (χ2v) is 5.35. The fourth-order valence-electron chi connectivity index (χ4n) is 2.59. The number of anilines is 1. The van der Waals surface area contributed by atoms with Crippen LogP contribution < -0.4 is 9.64 Å². The summed E-state index contributed by atoms with van der Waals surface area (Å²) in [6.45, 7) is 2.03. The van der Waals surface area contributed by atoms with Crippen molar-refractivity contribution in [3.8, 4) is 11.5 Å². The lowest BCUT2D eigenvalue weighted by Crippen LogP contribution is -2.44. The van der Waals surface area contributed by atoms with Crippen LogP contribution in [0.3, 0.4) is 0 Å². The van der Waals surface area contributed by atoms with Crippen LogP contribution in [0.1, 0.15) is 11.1 Å². The molecule has 0 radical (unpaired) electrons. The maximum absolute atomic E-state index is 12.4. The van der Waals surface area contributed by atoms with Crippen molar-refractivity contribution in [3.63, 3.8) is 0 Å². The molecule has 4 heteroatoms. The van der Waals surface area contributed by atoms with Gasteiger partial charge in [-0.3, -0.25) is 4.79 Å². The number of nitrogens with zero attached hydrogens (tertiary/aromatic N) is 1. The number of fused-ring (bicyclic) bond motifs is 1. The molecule has 1 unspecified atom stereocenters. The highest BCUT2D eigenvalue weighted by atomic mass is 16.5. The number of amides is 1. The zero-order valence-corrected chi connectivity index (χ0v) is 12.0. The monoisotopic (exact) mass is 283 g/mol. The van der Waals surface area contributed by atoms with Gasteiger partial charge in [-0.05, 0) is 24.6 Å². The third-order valence-corrected chi connectivity index (χ3v) is 3.68. The van der Waals surface area contributed by atoms with E-state index >= 15 is 0 Å². The van der Waals surface area contributed by atoms with Crippen LogP contribution in [0.5, 0.6) is 11.5 Å². The van der Waals surface area contributed by atoms with E-state index in [0.717, 1.165) is 11.1 Å². The van der Waals surface area contributed by atoms with Gasteiger partial charge in [0.05, 0.1) is 5.69 Å². The normalized spacial score (nSPS) is 17.3. The molecule has 1 amide bonds. The lowest BCUT2D eigenvalue weighted by Gasteiger charge is -2.32. The van der Waals surface area contributed by atoms with Crippen LogP contribution in [-0.2, 0) is 11.2 Å². The van der Waals surface area contributed by atoms with Gasteiger partial charge in [-0.2, -0.15) is 0 Å². The number of hydrogen-bond acceptors (Lipinski definition) is 3. The topological polar surface area (TPSA) is 49.8 Å². The number of rotatable bonds is 2. The summed E-state index contributed by atoms with van der Waals surface area (Å²) in [5, 5.41) is 9.53. The molecule has 1 heterocycles. The van der Waals surface area contributed by atoms with Gasteiger partial charge < -0.3 is 14.7 Å². The molecule has 1 atom stereocenters. The number of ether oxygens (including phenoxy) is 1. The Kier molecular flexibility index (Phi) is 3.29. The molecule has 0 saturated heterocycles. The molecular weight excluding hydrogens is 266 g/mol. The SMILES string of the molecule is Cc1cccc(CC2Oc3ccc(O)cc3N(C)C2=O)c1. The molecule has 0 fully saturated rings. The number of likely N-dealkylation sites (N-methyl/N-ethyl adjacent to an activating group) is 1. The number of phenols is 1. The first-order valence-corrected chi connectivity index (χ1v) is 6.87. The number of hydrogen-bond donors (Lipinski definition) is 1. The summed E-state index contributed by atoms with van der Waals surface area (Å²) in [4.78, 5) is 13.9. The molecule has 4 nitrogen and oxygen atoms in total. The van der Waals surface area contributed by atoms with Crippen LogP contribution >= 0.6 is 0 Å². The molecule has 0 aromatic heterocycles. The van der Waals surface area contributed by atoms with Gasteiger partial charge in [0.15, 0.2) is 6.10 Å². The second kappa shape index (κ2) is 5.13. The van der Waals surface area contributed by atoms with E-state index in [1.165, 1.54) is 6.07 Å². The quantitative estimate of drug-likeness (QED) is 0.922. The predicted molar refractivity (Wildman–Crippen MR) is 80.8 cm³/mol. The third kappa shape index (κ3) is 2.57. The summed E-state index contributed by atoms with van der Waals surface area (Å²) in [5.74, 6) is 0.635. The average molecular weight is 283 g/mol. The van der Waals surface area contributed by atoms with Gasteiger partial charge in [-0.15, -0.1) is 0 Å². The highest BCUT2D eigenvalue weighted by Crippen LogP contribution is 2.36. The Morgan fingerprint density at radius 2 is 2.05 bits per heavy atom. The van der Waals surface area contributed by atoms with Gasteiger partial charge in [-0.1, -0.05) is 29.8 Å². The Bertz CT molecular complexity index is 696. The van der Waals surface area contributed by atoms with Gasteiger partial charge in [0.25, 0.3) is 5.91 Å². The van der Waals surface area contributed by atoms with Gasteiger partial charge in [0.2, 0.25) is 0 Å². The molecule has 1 aliphatic rings. The summed E-state index contributed by atoms with van der Waals surface area (Å²) in [6.07, 6.45) is -0.000572. The lowest BCUT2D eigenvalue weighted by atomic mass is 10.0. The summed E-state index contributed by atoms with van der Waals surface area (Å²) in [6, 6.07) is 12.9. The highest BCUT2D eigenvalue weighted by Gasteiger charge is 2.32. The molecule has 0 aliphatic carbocycles. The van der Waals surface area contributed by atoms with Crippen LogP contribution in [-0.4, -0.2) is 24.2 Å². The molecule has 21 heavy (non-hydrogen) atoms. The Morgan fingerprint density at radius 1 is 1.24 bits per heavy atom. The number of aromatic hydroxyl groups is 1. The Balaban J connectivity index is 1.88. The van der Waals surface area contributed by atoms with E-state index in [9.17, 15) is 9.90 Å². The maximum atomic E-state index is 12.4. The minimum absolute atomic E-state index is 0.102. The smallest absolute Gasteiger partial charge is 0.268 e. The van der Waals surface area contributed by atoms with E-state index in [2.05, 4.69) is 6.07 Å². The van der Waals surface area contributed by atoms with E-state index in [0.29, 0.717) is 17.9 Å². The van der Waals surface area contributed by atoms with Crippen LogP contribution in [0.15, 0.2) is 42.5 Å². The van der Waals surface area contributed by atoms with Crippen LogP contribution in [0.4, 0.5) is 5.69 Å². The predicted octanol–water partition coefficient (Wildman–Crippen LogP) is 2.67. The maximum Gasteiger partial charge on any atom is 0.268 e. The first-order chi connectivity index (χ1) is 10.0. The molecule has 1 aliphatic heterocycles. The van der Waals surface area contributed by atoms with Crippen molar-refractivity contribution >= 4 is 11.6 Å². The summed E-state index contributed by atoms with van der Waals surface area (Å²) < 4.78 is 5.81. The van der Waals surface area contributed by atoms with Crippen molar-refractivity contribution < 1.29 is 14.6 Å². The molecule has 2 aromatic rings. The first-order valence-electron chi connectivity index (χ1n) is 6.87. The van der Waals surface area contributed by atoms with E-state index in [1.54, 1.807) is 24.1 Å².